The van der Waals surface area contributed by atoms with Crippen molar-refractivity contribution in [2.24, 2.45) is 5.41 Å². The summed E-state index contributed by atoms with van der Waals surface area (Å²) in [5.74, 6) is 0. The summed E-state index contributed by atoms with van der Waals surface area (Å²) in [6, 6.07) is 15.4. The molecular weight excluding hydrogens is 296 g/mol. The van der Waals surface area contributed by atoms with Gasteiger partial charge < -0.3 is 4.79 Å². The normalized spacial score (nSPS) is 23.7. The number of hydroxylamine groups is 1. The third kappa shape index (κ3) is 2.68. The van der Waals surface area contributed by atoms with Gasteiger partial charge in [0, 0.05) is 12.1 Å². The molecule has 6 heteroatoms. The van der Waals surface area contributed by atoms with Crippen molar-refractivity contribution in [2.45, 2.75) is 13.0 Å². The second-order valence-corrected chi connectivity index (χ2v) is 5.81. The summed E-state index contributed by atoms with van der Waals surface area (Å²) in [7, 11) is 0. The van der Waals surface area contributed by atoms with E-state index in [4.69, 9.17) is 4.84 Å². The van der Waals surface area contributed by atoms with Gasteiger partial charge in [0.1, 0.15) is 6.29 Å². The number of non-ortho nitro benzene ring substituents is 1. The molecule has 2 aromatic rings. The van der Waals surface area contributed by atoms with E-state index in [1.165, 1.54) is 12.1 Å². The molecule has 23 heavy (non-hydrogen) atoms. The van der Waals surface area contributed by atoms with Crippen LogP contribution in [0.5, 0.6) is 0 Å². The summed E-state index contributed by atoms with van der Waals surface area (Å²) < 4.78 is 0. The van der Waals surface area contributed by atoms with Gasteiger partial charge in [-0.3, -0.25) is 15.0 Å². The molecule has 1 aliphatic rings. The van der Waals surface area contributed by atoms with Gasteiger partial charge in [-0.25, -0.2) is 5.06 Å². The minimum Gasteiger partial charge on any atom is -0.303 e. The van der Waals surface area contributed by atoms with Crippen molar-refractivity contribution in [2.75, 3.05) is 11.7 Å². The number of carbonyl (C=O) groups is 1. The Hall–Kier alpha value is -2.73. The maximum atomic E-state index is 11.6. The topological polar surface area (TPSA) is 72.7 Å². The van der Waals surface area contributed by atoms with Crippen LogP contribution in [0, 0.1) is 15.5 Å². The SMILES string of the molecule is C[C@]1(C=O)CON(c2ccccc2)[C@@H]1c1ccc([N+](=O)[O-])cc1. The first kappa shape index (κ1) is 15.2. The zero-order chi connectivity index (χ0) is 16.4. The lowest BCUT2D eigenvalue weighted by Crippen LogP contribution is -2.31. The molecule has 1 heterocycles. The lowest BCUT2D eigenvalue weighted by atomic mass is 9.81. The molecule has 0 radical (unpaired) electrons. The maximum absolute atomic E-state index is 11.6. The highest BCUT2D eigenvalue weighted by molar-refractivity contribution is 5.65. The standard InChI is InChI=1S/C17H16N2O4/c1-17(11-20)12-23-18(14-5-3-2-4-6-14)16(17)13-7-9-15(10-8-13)19(21)22/h2-11,16H,12H2,1H3/t16-,17+/m1/s1. The third-order valence-electron chi connectivity index (χ3n) is 4.07. The highest BCUT2D eigenvalue weighted by Crippen LogP contribution is 2.45. The van der Waals surface area contributed by atoms with Crippen LogP contribution in [0.2, 0.25) is 0 Å². The number of aldehydes is 1. The zero-order valence-electron chi connectivity index (χ0n) is 12.6. The van der Waals surface area contributed by atoms with E-state index in [0.29, 0.717) is 0 Å². The Morgan fingerprint density at radius 3 is 2.43 bits per heavy atom. The van der Waals surface area contributed by atoms with Gasteiger partial charge in [-0.15, -0.1) is 0 Å². The number of rotatable bonds is 4. The molecule has 118 valence electrons. The Kier molecular flexibility index (Phi) is 3.83. The van der Waals surface area contributed by atoms with Crippen molar-refractivity contribution in [3.8, 4) is 0 Å². The van der Waals surface area contributed by atoms with Crippen molar-refractivity contribution >= 4 is 17.7 Å². The van der Waals surface area contributed by atoms with Crippen LogP contribution in [0.25, 0.3) is 0 Å². The van der Waals surface area contributed by atoms with E-state index >= 15 is 0 Å². The summed E-state index contributed by atoms with van der Waals surface area (Å²) >= 11 is 0. The number of hydrogen-bond donors (Lipinski definition) is 0. The Bertz CT molecular complexity index is 717. The molecule has 6 nitrogen and oxygen atoms in total. The number of para-hydroxylation sites is 1. The van der Waals surface area contributed by atoms with Crippen molar-refractivity contribution in [1.82, 2.24) is 0 Å². The van der Waals surface area contributed by atoms with Crippen molar-refractivity contribution < 1.29 is 14.6 Å². The Balaban J connectivity index is 2.02. The Morgan fingerprint density at radius 1 is 1.22 bits per heavy atom. The highest BCUT2D eigenvalue weighted by atomic mass is 16.7. The Morgan fingerprint density at radius 2 is 1.87 bits per heavy atom. The lowest BCUT2D eigenvalue weighted by Gasteiger charge is -2.30. The lowest BCUT2D eigenvalue weighted by molar-refractivity contribution is -0.384. The first-order valence-corrected chi connectivity index (χ1v) is 7.23. The van der Waals surface area contributed by atoms with Crippen LogP contribution in [-0.4, -0.2) is 17.8 Å². The molecule has 0 bridgehead atoms. The minimum atomic E-state index is -0.730. The van der Waals surface area contributed by atoms with E-state index in [1.807, 2.05) is 37.3 Å². The summed E-state index contributed by atoms with van der Waals surface area (Å²) in [5, 5.41) is 12.5. The van der Waals surface area contributed by atoms with Gasteiger partial charge in [-0.05, 0) is 24.6 Å². The van der Waals surface area contributed by atoms with Gasteiger partial charge in [0.15, 0.2) is 0 Å². The van der Waals surface area contributed by atoms with Gasteiger partial charge in [0.25, 0.3) is 5.69 Å². The van der Waals surface area contributed by atoms with Crippen molar-refractivity contribution in [1.29, 1.82) is 0 Å². The first-order valence-electron chi connectivity index (χ1n) is 7.23. The molecule has 0 spiro atoms. The van der Waals surface area contributed by atoms with Gasteiger partial charge in [-0.1, -0.05) is 30.3 Å². The molecule has 1 fully saturated rings. The number of hydrogen-bond acceptors (Lipinski definition) is 5. The fourth-order valence-electron chi connectivity index (χ4n) is 2.82. The molecule has 0 aromatic heterocycles. The van der Waals surface area contributed by atoms with E-state index in [0.717, 1.165) is 17.5 Å². The van der Waals surface area contributed by atoms with E-state index < -0.39 is 10.3 Å². The van der Waals surface area contributed by atoms with Crippen LogP contribution in [0.4, 0.5) is 11.4 Å². The fourth-order valence-corrected chi connectivity index (χ4v) is 2.82. The quantitative estimate of drug-likeness (QED) is 0.492. The smallest absolute Gasteiger partial charge is 0.269 e. The molecule has 0 unspecified atom stereocenters. The van der Waals surface area contributed by atoms with Crippen molar-refractivity contribution in [3.05, 3.63) is 70.3 Å². The molecule has 1 saturated heterocycles. The largest absolute Gasteiger partial charge is 0.303 e. The van der Waals surface area contributed by atoms with Crippen LogP contribution < -0.4 is 5.06 Å². The van der Waals surface area contributed by atoms with Crippen molar-refractivity contribution in [3.63, 3.8) is 0 Å². The third-order valence-corrected chi connectivity index (χ3v) is 4.07. The zero-order valence-corrected chi connectivity index (χ0v) is 12.6. The number of carbonyl (C=O) groups excluding carboxylic acids is 1. The summed E-state index contributed by atoms with van der Waals surface area (Å²) in [6.45, 7) is 2.09. The number of anilines is 1. The number of benzene rings is 2. The van der Waals surface area contributed by atoms with Gasteiger partial charge in [-0.2, -0.15) is 0 Å². The van der Waals surface area contributed by atoms with E-state index in [2.05, 4.69) is 0 Å². The van der Waals surface area contributed by atoms with Gasteiger partial charge in [0.2, 0.25) is 0 Å². The minimum absolute atomic E-state index is 0.0201. The van der Waals surface area contributed by atoms with Gasteiger partial charge >= 0.3 is 0 Å². The van der Waals surface area contributed by atoms with Crippen LogP contribution in [0.3, 0.4) is 0 Å². The molecule has 1 aliphatic heterocycles. The van der Waals surface area contributed by atoms with Crippen LogP contribution in [0.1, 0.15) is 18.5 Å². The predicted octanol–water partition coefficient (Wildman–Crippen LogP) is 3.29. The molecular formula is C17H16N2O4. The Labute approximate surface area is 133 Å². The molecule has 2 aromatic carbocycles. The second kappa shape index (κ2) is 5.81. The van der Waals surface area contributed by atoms with Crippen LogP contribution in [-0.2, 0) is 9.63 Å². The molecule has 2 atom stereocenters. The van der Waals surface area contributed by atoms with E-state index in [1.54, 1.807) is 17.2 Å². The molecule has 0 saturated carbocycles. The van der Waals surface area contributed by atoms with E-state index in [-0.39, 0.29) is 18.3 Å². The fraction of sp³-hybridized carbons (Fsp3) is 0.235. The summed E-state index contributed by atoms with van der Waals surface area (Å²) in [5.41, 5.74) is 0.922. The van der Waals surface area contributed by atoms with Gasteiger partial charge in [0.05, 0.1) is 28.7 Å². The summed E-state index contributed by atoms with van der Waals surface area (Å²) in [4.78, 5) is 27.8. The molecule has 0 N–H and O–H groups in total. The van der Waals surface area contributed by atoms with E-state index in [9.17, 15) is 14.9 Å². The first-order chi connectivity index (χ1) is 11.0. The number of nitrogens with zero attached hydrogens (tertiary/aromatic N) is 2. The average Bonchev–Trinajstić information content (AvgIpc) is 2.94. The highest BCUT2D eigenvalue weighted by Gasteiger charge is 2.47. The number of nitro benzene ring substituents is 1. The second-order valence-electron chi connectivity index (χ2n) is 5.81. The van der Waals surface area contributed by atoms with Crippen LogP contribution >= 0.6 is 0 Å². The predicted molar refractivity (Wildman–Crippen MR) is 84.9 cm³/mol. The summed E-state index contributed by atoms with van der Waals surface area (Å²) in [6.07, 6.45) is 0.891. The molecule has 0 aliphatic carbocycles. The maximum Gasteiger partial charge on any atom is 0.269 e. The monoisotopic (exact) mass is 312 g/mol. The number of nitro groups is 1. The average molecular weight is 312 g/mol. The molecule has 0 amide bonds. The van der Waals surface area contributed by atoms with Crippen LogP contribution in [0.15, 0.2) is 54.6 Å². The molecule has 3 rings (SSSR count).